The molecule has 1 nitrogen and oxygen atoms in total. The molecule has 1 atom stereocenters. The van der Waals surface area contributed by atoms with Gasteiger partial charge in [0.1, 0.15) is 0 Å². The van der Waals surface area contributed by atoms with Crippen LogP contribution in [0.3, 0.4) is 0 Å². The Morgan fingerprint density at radius 2 is 1.67 bits per heavy atom. The van der Waals surface area contributed by atoms with Crippen LogP contribution in [0.5, 0.6) is 0 Å². The van der Waals surface area contributed by atoms with Crippen LogP contribution in [0.15, 0.2) is 0 Å². The molecule has 2 aliphatic rings. The summed E-state index contributed by atoms with van der Waals surface area (Å²) in [7, 11) is 0. The summed E-state index contributed by atoms with van der Waals surface area (Å²) in [6, 6.07) is 1.71. The van der Waals surface area contributed by atoms with Crippen molar-refractivity contribution < 1.29 is 0 Å². The molecule has 0 aromatic heterocycles. The van der Waals surface area contributed by atoms with Gasteiger partial charge in [-0.2, -0.15) is 0 Å². The summed E-state index contributed by atoms with van der Waals surface area (Å²) >= 11 is 0. The van der Waals surface area contributed by atoms with Gasteiger partial charge in [-0.15, -0.1) is 0 Å². The van der Waals surface area contributed by atoms with E-state index in [-0.39, 0.29) is 0 Å². The van der Waals surface area contributed by atoms with Crippen LogP contribution in [0, 0.1) is 5.92 Å². The Labute approximate surface area is 95.0 Å². The van der Waals surface area contributed by atoms with E-state index in [4.69, 9.17) is 0 Å². The van der Waals surface area contributed by atoms with E-state index in [0.717, 1.165) is 18.0 Å². The van der Waals surface area contributed by atoms with Gasteiger partial charge in [0, 0.05) is 12.1 Å². The van der Waals surface area contributed by atoms with Gasteiger partial charge in [-0.25, -0.2) is 0 Å². The molecule has 0 radical (unpaired) electrons. The third-order valence-electron chi connectivity index (χ3n) is 4.10. The van der Waals surface area contributed by atoms with E-state index in [9.17, 15) is 0 Å². The first-order valence-electron chi connectivity index (χ1n) is 7.16. The quantitative estimate of drug-likeness (QED) is 0.678. The van der Waals surface area contributed by atoms with Crippen molar-refractivity contribution in [3.8, 4) is 0 Å². The molecule has 0 aromatic carbocycles. The van der Waals surface area contributed by atoms with Crippen LogP contribution in [0.2, 0.25) is 0 Å². The summed E-state index contributed by atoms with van der Waals surface area (Å²) < 4.78 is 0. The van der Waals surface area contributed by atoms with Gasteiger partial charge in [-0.3, -0.25) is 0 Å². The first-order chi connectivity index (χ1) is 7.40. The number of hydrogen-bond acceptors (Lipinski definition) is 1. The minimum absolute atomic E-state index is 0.852. The largest absolute Gasteiger partial charge is 0.311 e. The lowest BCUT2D eigenvalue weighted by Crippen LogP contribution is -2.39. The van der Waals surface area contributed by atoms with Crippen molar-refractivity contribution in [3.05, 3.63) is 0 Å². The van der Waals surface area contributed by atoms with Crippen molar-refractivity contribution >= 4 is 0 Å². The second kappa shape index (κ2) is 5.89. The molecule has 88 valence electrons. The van der Waals surface area contributed by atoms with Gasteiger partial charge in [-0.1, -0.05) is 39.0 Å². The van der Waals surface area contributed by atoms with E-state index in [1.54, 1.807) is 0 Å². The number of hydrogen-bond donors (Lipinski definition) is 1. The summed E-state index contributed by atoms with van der Waals surface area (Å²) in [5, 5.41) is 3.96. The van der Waals surface area contributed by atoms with Gasteiger partial charge in [-0.05, 0) is 38.0 Å². The zero-order chi connectivity index (χ0) is 10.5. The highest BCUT2D eigenvalue weighted by molar-refractivity contribution is 4.88. The van der Waals surface area contributed by atoms with Gasteiger partial charge >= 0.3 is 0 Å². The topological polar surface area (TPSA) is 12.0 Å². The number of rotatable bonds is 5. The van der Waals surface area contributed by atoms with Gasteiger partial charge in [0.15, 0.2) is 0 Å². The highest BCUT2D eigenvalue weighted by atomic mass is 15.0. The highest BCUT2D eigenvalue weighted by Gasteiger charge is 2.31. The predicted molar refractivity (Wildman–Crippen MR) is 66.0 cm³/mol. The van der Waals surface area contributed by atoms with Crippen LogP contribution >= 0.6 is 0 Å². The van der Waals surface area contributed by atoms with Gasteiger partial charge in [0.25, 0.3) is 0 Å². The molecule has 2 saturated carbocycles. The lowest BCUT2D eigenvalue weighted by atomic mass is 10.0. The Bertz CT molecular complexity index is 166. The maximum absolute atomic E-state index is 3.96. The second-order valence-corrected chi connectivity index (χ2v) is 5.59. The molecular weight excluding hydrogens is 182 g/mol. The lowest BCUT2D eigenvalue weighted by Gasteiger charge is -2.24. The maximum atomic E-state index is 3.96. The smallest absolute Gasteiger partial charge is 0.00978 e. The molecular formula is C14H27N. The fourth-order valence-electron chi connectivity index (χ4n) is 3.01. The standard InChI is InChI=1S/C14H27N/c1-2-7-14(12-10-11-12)15-13-8-5-3-4-6-9-13/h12-15H,2-11H2,1H3. The average molecular weight is 209 g/mol. The summed E-state index contributed by atoms with van der Waals surface area (Å²) in [6.07, 6.45) is 14.5. The SMILES string of the molecule is CCCC(NC1CCCCCC1)C1CC1. The van der Waals surface area contributed by atoms with Crippen LogP contribution in [0.4, 0.5) is 0 Å². The van der Waals surface area contributed by atoms with Crippen molar-refractivity contribution in [2.75, 3.05) is 0 Å². The van der Waals surface area contributed by atoms with E-state index < -0.39 is 0 Å². The van der Waals surface area contributed by atoms with E-state index in [0.29, 0.717) is 0 Å². The van der Waals surface area contributed by atoms with E-state index in [1.807, 2.05) is 0 Å². The third-order valence-corrected chi connectivity index (χ3v) is 4.10. The third kappa shape index (κ3) is 3.79. The Hall–Kier alpha value is -0.0400. The van der Waals surface area contributed by atoms with Crippen molar-refractivity contribution in [3.63, 3.8) is 0 Å². The first-order valence-corrected chi connectivity index (χ1v) is 7.16. The van der Waals surface area contributed by atoms with Crippen LogP contribution in [0.1, 0.15) is 71.1 Å². The fraction of sp³-hybridized carbons (Fsp3) is 1.00. The van der Waals surface area contributed by atoms with Crippen LogP contribution in [-0.2, 0) is 0 Å². The molecule has 1 N–H and O–H groups in total. The van der Waals surface area contributed by atoms with E-state index in [2.05, 4.69) is 12.2 Å². The molecule has 0 saturated heterocycles. The molecule has 0 amide bonds. The summed E-state index contributed by atoms with van der Waals surface area (Å²) in [5.41, 5.74) is 0. The summed E-state index contributed by atoms with van der Waals surface area (Å²) in [4.78, 5) is 0. The second-order valence-electron chi connectivity index (χ2n) is 5.59. The molecule has 0 heterocycles. The molecule has 2 rings (SSSR count). The molecule has 2 aliphatic carbocycles. The van der Waals surface area contributed by atoms with E-state index >= 15 is 0 Å². The first kappa shape index (κ1) is 11.4. The Balaban J connectivity index is 1.75. The van der Waals surface area contributed by atoms with E-state index in [1.165, 1.54) is 64.2 Å². The fourth-order valence-corrected chi connectivity index (χ4v) is 3.01. The van der Waals surface area contributed by atoms with Gasteiger partial charge in [0.2, 0.25) is 0 Å². The molecule has 2 fully saturated rings. The molecule has 1 heteroatoms. The maximum Gasteiger partial charge on any atom is 0.00978 e. The molecule has 1 unspecified atom stereocenters. The monoisotopic (exact) mass is 209 g/mol. The highest BCUT2D eigenvalue weighted by Crippen LogP contribution is 2.35. The van der Waals surface area contributed by atoms with Crippen LogP contribution in [0.25, 0.3) is 0 Å². The molecule has 0 aromatic rings. The Morgan fingerprint density at radius 3 is 2.20 bits per heavy atom. The minimum atomic E-state index is 0.852. The number of nitrogens with one attached hydrogen (secondary N) is 1. The normalized spacial score (nSPS) is 26.2. The molecule has 0 spiro atoms. The summed E-state index contributed by atoms with van der Waals surface area (Å²) in [6.45, 7) is 2.32. The zero-order valence-corrected chi connectivity index (χ0v) is 10.3. The van der Waals surface area contributed by atoms with Gasteiger partial charge in [0.05, 0.1) is 0 Å². The van der Waals surface area contributed by atoms with Crippen molar-refractivity contribution in [2.45, 2.75) is 83.2 Å². The minimum Gasteiger partial charge on any atom is -0.311 e. The molecule has 0 aliphatic heterocycles. The zero-order valence-electron chi connectivity index (χ0n) is 10.3. The lowest BCUT2D eigenvalue weighted by molar-refractivity contribution is 0.349. The van der Waals surface area contributed by atoms with Gasteiger partial charge < -0.3 is 5.32 Å². The average Bonchev–Trinajstić information content (AvgIpc) is 3.05. The summed E-state index contributed by atoms with van der Waals surface area (Å²) in [5.74, 6) is 1.04. The Kier molecular flexibility index (Phi) is 4.49. The van der Waals surface area contributed by atoms with Crippen molar-refractivity contribution in [2.24, 2.45) is 5.92 Å². The molecule has 0 bridgehead atoms. The van der Waals surface area contributed by atoms with Crippen molar-refractivity contribution in [1.29, 1.82) is 0 Å². The Morgan fingerprint density at radius 1 is 1.00 bits per heavy atom. The predicted octanol–water partition coefficient (Wildman–Crippen LogP) is 3.88. The van der Waals surface area contributed by atoms with Crippen LogP contribution < -0.4 is 5.32 Å². The van der Waals surface area contributed by atoms with Crippen molar-refractivity contribution in [1.82, 2.24) is 5.32 Å². The molecule has 15 heavy (non-hydrogen) atoms. The van der Waals surface area contributed by atoms with Crippen LogP contribution in [-0.4, -0.2) is 12.1 Å².